The maximum Gasteiger partial charge on any atom is 0.282 e. The Hall–Kier alpha value is -3.38. The van der Waals surface area contributed by atoms with Crippen molar-refractivity contribution in [3.8, 4) is 0 Å². The van der Waals surface area contributed by atoms with Crippen LogP contribution in [0.5, 0.6) is 0 Å². The van der Waals surface area contributed by atoms with Gasteiger partial charge in [0.1, 0.15) is 5.70 Å². The number of benzene rings is 2. The number of amides is 2. The van der Waals surface area contributed by atoms with Crippen LogP contribution in [0.2, 0.25) is 0 Å². The Balaban J connectivity index is 1.72. The Kier molecular flexibility index (Phi) is 5.91. The number of anilines is 3. The van der Waals surface area contributed by atoms with Crippen molar-refractivity contribution in [3.05, 3.63) is 82.2 Å². The van der Waals surface area contributed by atoms with Gasteiger partial charge in [0.05, 0.1) is 11.3 Å². The predicted molar refractivity (Wildman–Crippen MR) is 129 cm³/mol. The Bertz CT molecular complexity index is 1130. The van der Waals surface area contributed by atoms with E-state index in [2.05, 4.69) is 24.1 Å². The standard InChI is InChI=1S/C25H25N3O2S/c1-4-27(5-2)19-14-12-18(13-15-19)26-23-22(21-11-8-16-31-21)24(29)28(25(23)30)20-10-7-6-9-17(20)3/h6-16,26H,4-5H2,1-3H3. The molecule has 0 bridgehead atoms. The molecule has 1 aliphatic heterocycles. The predicted octanol–water partition coefficient (Wildman–Crippen LogP) is 5.30. The van der Waals surface area contributed by atoms with E-state index in [-0.39, 0.29) is 11.8 Å². The molecule has 0 atom stereocenters. The molecule has 3 aromatic rings. The second-order valence-electron chi connectivity index (χ2n) is 7.30. The smallest absolute Gasteiger partial charge is 0.282 e. The normalized spacial score (nSPS) is 13.8. The van der Waals surface area contributed by atoms with Crippen molar-refractivity contribution < 1.29 is 9.59 Å². The molecule has 0 radical (unpaired) electrons. The van der Waals surface area contributed by atoms with E-state index in [0.29, 0.717) is 17.0 Å². The van der Waals surface area contributed by atoms with Crippen molar-refractivity contribution in [1.29, 1.82) is 0 Å². The first-order valence-electron chi connectivity index (χ1n) is 10.4. The van der Waals surface area contributed by atoms with E-state index >= 15 is 0 Å². The zero-order valence-electron chi connectivity index (χ0n) is 17.9. The van der Waals surface area contributed by atoms with E-state index in [0.717, 1.165) is 34.9 Å². The first kappa shape index (κ1) is 20.9. The number of nitrogens with zero attached hydrogens (tertiary/aromatic N) is 2. The molecule has 1 aromatic heterocycles. The SMILES string of the molecule is CCN(CC)c1ccc(NC2=C(c3cccs3)C(=O)N(c3ccccc3C)C2=O)cc1. The van der Waals surface area contributed by atoms with Crippen LogP contribution < -0.4 is 15.1 Å². The molecule has 4 rings (SSSR count). The maximum atomic E-state index is 13.4. The Morgan fingerprint density at radius 3 is 2.23 bits per heavy atom. The van der Waals surface area contributed by atoms with E-state index in [1.165, 1.54) is 16.2 Å². The highest BCUT2D eigenvalue weighted by molar-refractivity contribution is 7.11. The first-order valence-corrected chi connectivity index (χ1v) is 11.3. The molecule has 2 heterocycles. The summed E-state index contributed by atoms with van der Waals surface area (Å²) < 4.78 is 0. The van der Waals surface area contributed by atoms with Crippen molar-refractivity contribution >= 4 is 45.8 Å². The van der Waals surface area contributed by atoms with Gasteiger partial charge in [-0.2, -0.15) is 0 Å². The molecule has 6 heteroatoms. The minimum absolute atomic E-state index is 0.302. The lowest BCUT2D eigenvalue weighted by molar-refractivity contribution is -0.120. The number of carbonyl (C=O) groups excluding carboxylic acids is 2. The Labute approximate surface area is 186 Å². The van der Waals surface area contributed by atoms with Gasteiger partial charge in [-0.05, 0) is 68.1 Å². The summed E-state index contributed by atoms with van der Waals surface area (Å²) in [7, 11) is 0. The van der Waals surface area contributed by atoms with Gasteiger partial charge in [-0.3, -0.25) is 9.59 Å². The lowest BCUT2D eigenvalue weighted by Gasteiger charge is -2.21. The fraction of sp³-hybridized carbons (Fsp3) is 0.200. The number of aryl methyl sites for hydroxylation is 1. The van der Waals surface area contributed by atoms with Crippen molar-refractivity contribution in [3.63, 3.8) is 0 Å². The van der Waals surface area contributed by atoms with Crippen molar-refractivity contribution in [2.75, 3.05) is 28.2 Å². The zero-order chi connectivity index (χ0) is 22.0. The van der Waals surface area contributed by atoms with Crippen LogP contribution in [0.15, 0.2) is 71.7 Å². The highest BCUT2D eigenvalue weighted by Gasteiger charge is 2.41. The summed E-state index contributed by atoms with van der Waals surface area (Å²) in [6.45, 7) is 8.00. The van der Waals surface area contributed by atoms with Crippen LogP contribution >= 0.6 is 11.3 Å². The average molecular weight is 432 g/mol. The van der Waals surface area contributed by atoms with Gasteiger partial charge in [0.25, 0.3) is 11.8 Å². The Morgan fingerprint density at radius 1 is 0.903 bits per heavy atom. The van der Waals surface area contributed by atoms with Crippen molar-refractivity contribution in [2.45, 2.75) is 20.8 Å². The number of hydrogen-bond acceptors (Lipinski definition) is 5. The highest BCUT2D eigenvalue weighted by Crippen LogP contribution is 2.36. The van der Waals surface area contributed by atoms with Gasteiger partial charge in [-0.15, -0.1) is 11.3 Å². The molecule has 158 valence electrons. The zero-order valence-corrected chi connectivity index (χ0v) is 18.7. The monoisotopic (exact) mass is 431 g/mol. The van der Waals surface area contributed by atoms with Crippen LogP contribution in [0.25, 0.3) is 5.57 Å². The van der Waals surface area contributed by atoms with Gasteiger partial charge in [0, 0.05) is 29.3 Å². The van der Waals surface area contributed by atoms with E-state index in [1.807, 2.05) is 66.9 Å². The minimum Gasteiger partial charge on any atom is -0.372 e. The summed E-state index contributed by atoms with van der Waals surface area (Å²) in [4.78, 5) is 31.1. The van der Waals surface area contributed by atoms with Gasteiger partial charge in [0.2, 0.25) is 0 Å². The van der Waals surface area contributed by atoms with Crippen LogP contribution in [0.4, 0.5) is 17.1 Å². The van der Waals surface area contributed by atoms with Gasteiger partial charge in [-0.1, -0.05) is 24.3 Å². The number of nitrogens with one attached hydrogen (secondary N) is 1. The molecule has 0 spiro atoms. The summed E-state index contributed by atoms with van der Waals surface area (Å²) in [5, 5.41) is 5.15. The number of para-hydroxylation sites is 1. The van der Waals surface area contributed by atoms with E-state index < -0.39 is 0 Å². The molecule has 0 aliphatic carbocycles. The third kappa shape index (κ3) is 3.86. The fourth-order valence-electron chi connectivity index (χ4n) is 3.82. The van der Waals surface area contributed by atoms with Crippen LogP contribution in [0, 0.1) is 6.92 Å². The fourth-order valence-corrected chi connectivity index (χ4v) is 4.58. The summed E-state index contributed by atoms with van der Waals surface area (Å²) >= 11 is 1.45. The highest BCUT2D eigenvalue weighted by atomic mass is 32.1. The van der Waals surface area contributed by atoms with Crippen LogP contribution in [-0.4, -0.2) is 24.9 Å². The number of carbonyl (C=O) groups is 2. The second kappa shape index (κ2) is 8.78. The van der Waals surface area contributed by atoms with E-state index in [4.69, 9.17) is 0 Å². The molecule has 2 amide bonds. The summed E-state index contributed by atoms with van der Waals surface area (Å²) in [5.41, 5.74) is 4.10. The lowest BCUT2D eigenvalue weighted by Crippen LogP contribution is -2.32. The van der Waals surface area contributed by atoms with Gasteiger partial charge in [0.15, 0.2) is 0 Å². The number of hydrogen-bond donors (Lipinski definition) is 1. The molecule has 31 heavy (non-hydrogen) atoms. The van der Waals surface area contributed by atoms with Gasteiger partial charge >= 0.3 is 0 Å². The lowest BCUT2D eigenvalue weighted by atomic mass is 10.1. The largest absolute Gasteiger partial charge is 0.372 e. The third-order valence-corrected chi connectivity index (χ3v) is 6.36. The number of rotatable bonds is 7. The van der Waals surface area contributed by atoms with Gasteiger partial charge in [-0.25, -0.2) is 4.90 Å². The molecule has 5 nitrogen and oxygen atoms in total. The molecular formula is C25H25N3O2S. The molecule has 0 fully saturated rings. The van der Waals surface area contributed by atoms with Crippen molar-refractivity contribution in [2.24, 2.45) is 0 Å². The Morgan fingerprint density at radius 2 is 1.61 bits per heavy atom. The quantitative estimate of drug-likeness (QED) is 0.516. The van der Waals surface area contributed by atoms with Crippen LogP contribution in [-0.2, 0) is 9.59 Å². The summed E-state index contributed by atoms with van der Waals surface area (Å²) in [6.07, 6.45) is 0. The van der Waals surface area contributed by atoms with E-state index in [9.17, 15) is 9.59 Å². The topological polar surface area (TPSA) is 52.7 Å². The molecule has 1 N–H and O–H groups in total. The van der Waals surface area contributed by atoms with E-state index in [1.54, 1.807) is 6.07 Å². The maximum absolute atomic E-state index is 13.4. The van der Waals surface area contributed by atoms with Crippen LogP contribution in [0.3, 0.4) is 0 Å². The van der Waals surface area contributed by atoms with Crippen LogP contribution in [0.1, 0.15) is 24.3 Å². The molecule has 1 aliphatic rings. The van der Waals surface area contributed by atoms with Crippen molar-refractivity contribution in [1.82, 2.24) is 0 Å². The molecule has 0 unspecified atom stereocenters. The molecule has 2 aromatic carbocycles. The molecular weight excluding hydrogens is 406 g/mol. The summed E-state index contributed by atoms with van der Waals surface area (Å²) in [6, 6.07) is 19.1. The molecule has 0 saturated carbocycles. The first-order chi connectivity index (χ1) is 15.0. The minimum atomic E-state index is -0.337. The second-order valence-corrected chi connectivity index (χ2v) is 8.25. The average Bonchev–Trinajstić information content (AvgIpc) is 3.38. The summed E-state index contributed by atoms with van der Waals surface area (Å²) in [5.74, 6) is -0.639. The number of thiophene rings is 1. The van der Waals surface area contributed by atoms with Gasteiger partial charge < -0.3 is 10.2 Å². The molecule has 0 saturated heterocycles. The number of imide groups is 1. The third-order valence-electron chi connectivity index (χ3n) is 5.47.